The summed E-state index contributed by atoms with van der Waals surface area (Å²) in [5.74, 6) is 2.52. The molecule has 0 aliphatic carbocycles. The van der Waals surface area contributed by atoms with E-state index in [4.69, 9.17) is 14.7 Å². The first-order valence-electron chi connectivity index (χ1n) is 10.6. The normalized spacial score (nSPS) is 18.0. The lowest BCUT2D eigenvalue weighted by Crippen LogP contribution is -2.57. The Labute approximate surface area is 185 Å². The van der Waals surface area contributed by atoms with Crippen LogP contribution in [0.1, 0.15) is 17.4 Å². The number of hydrogen-bond acceptors (Lipinski definition) is 7. The maximum atomic E-state index is 5.68. The van der Waals surface area contributed by atoms with Crippen LogP contribution >= 0.6 is 0 Å². The van der Waals surface area contributed by atoms with Crippen molar-refractivity contribution in [2.45, 2.75) is 12.7 Å². The molecule has 1 atom stereocenters. The van der Waals surface area contributed by atoms with Gasteiger partial charge in [0.25, 0.3) is 0 Å². The van der Waals surface area contributed by atoms with Gasteiger partial charge in [0, 0.05) is 18.3 Å². The molecule has 2 aliphatic heterocycles. The summed E-state index contributed by atoms with van der Waals surface area (Å²) >= 11 is 0. The van der Waals surface area contributed by atoms with Crippen molar-refractivity contribution in [3.05, 3.63) is 84.2 Å². The van der Waals surface area contributed by atoms with Gasteiger partial charge in [0.15, 0.2) is 0 Å². The van der Waals surface area contributed by atoms with Crippen LogP contribution in [0.5, 0.6) is 5.75 Å². The van der Waals surface area contributed by atoms with Crippen LogP contribution in [0.15, 0.2) is 77.9 Å². The highest BCUT2D eigenvalue weighted by Crippen LogP contribution is 2.36. The van der Waals surface area contributed by atoms with E-state index in [2.05, 4.69) is 36.8 Å². The summed E-state index contributed by atoms with van der Waals surface area (Å²) in [6, 6.07) is 22.3. The molecule has 1 N–H and O–H groups in total. The van der Waals surface area contributed by atoms with E-state index in [0.717, 1.165) is 46.5 Å². The van der Waals surface area contributed by atoms with Gasteiger partial charge in [-0.15, -0.1) is 0 Å². The minimum atomic E-state index is -0.175. The fraction of sp³-hybridized carbons (Fsp3) is 0.208. The van der Waals surface area contributed by atoms with Crippen LogP contribution in [-0.4, -0.2) is 45.8 Å². The fourth-order valence-corrected chi connectivity index (χ4v) is 4.44. The molecule has 32 heavy (non-hydrogen) atoms. The first-order valence-corrected chi connectivity index (χ1v) is 10.6. The molecular formula is C24H23N7O. The van der Waals surface area contributed by atoms with Gasteiger partial charge in [-0.05, 0) is 30.3 Å². The Morgan fingerprint density at radius 3 is 2.75 bits per heavy atom. The van der Waals surface area contributed by atoms with Crippen molar-refractivity contribution in [1.29, 1.82) is 0 Å². The zero-order valence-electron chi connectivity index (χ0n) is 17.7. The van der Waals surface area contributed by atoms with Gasteiger partial charge in [0.1, 0.15) is 11.9 Å². The monoisotopic (exact) mass is 425 g/mol. The molecule has 0 unspecified atom stereocenters. The van der Waals surface area contributed by atoms with Gasteiger partial charge in [0.05, 0.1) is 37.2 Å². The highest BCUT2D eigenvalue weighted by molar-refractivity contribution is 5.99. The van der Waals surface area contributed by atoms with Gasteiger partial charge in [-0.1, -0.05) is 36.4 Å². The highest BCUT2D eigenvalue weighted by atomic mass is 16.5. The highest BCUT2D eigenvalue weighted by Gasteiger charge is 2.36. The summed E-state index contributed by atoms with van der Waals surface area (Å²) in [5, 5.41) is 3.64. The van der Waals surface area contributed by atoms with E-state index in [-0.39, 0.29) is 6.17 Å². The third-order valence-corrected chi connectivity index (χ3v) is 5.91. The molecule has 4 aromatic rings. The average Bonchev–Trinajstić information content (AvgIpc) is 3.24. The molecule has 4 heterocycles. The quantitative estimate of drug-likeness (QED) is 0.542. The zero-order chi connectivity index (χ0) is 21.5. The number of fused-ring (bicyclic) bond motifs is 5. The SMILES string of the molecule is COc1ccccc1[C@H]1NC2=NCN(Cc3ccccn3)CN2c2nc3ccccc3n21. The fourth-order valence-electron chi connectivity index (χ4n) is 4.44. The third-order valence-electron chi connectivity index (χ3n) is 5.91. The maximum Gasteiger partial charge on any atom is 0.216 e. The number of para-hydroxylation sites is 3. The van der Waals surface area contributed by atoms with Crippen molar-refractivity contribution in [2.75, 3.05) is 25.3 Å². The van der Waals surface area contributed by atoms with Gasteiger partial charge in [0.2, 0.25) is 11.9 Å². The molecule has 8 heteroatoms. The van der Waals surface area contributed by atoms with Crippen LogP contribution in [0, 0.1) is 0 Å². The smallest absolute Gasteiger partial charge is 0.216 e. The average molecular weight is 425 g/mol. The number of anilines is 1. The Balaban J connectivity index is 1.44. The largest absolute Gasteiger partial charge is 0.496 e. The summed E-state index contributed by atoms with van der Waals surface area (Å²) in [4.78, 5) is 18.7. The first-order chi connectivity index (χ1) is 15.8. The van der Waals surface area contributed by atoms with Gasteiger partial charge < -0.3 is 10.1 Å². The number of rotatable bonds is 4. The summed E-state index contributed by atoms with van der Waals surface area (Å²) in [7, 11) is 1.70. The van der Waals surface area contributed by atoms with Crippen molar-refractivity contribution in [3.8, 4) is 5.75 Å². The Morgan fingerprint density at radius 2 is 1.88 bits per heavy atom. The molecule has 0 spiro atoms. The molecule has 2 aromatic carbocycles. The molecule has 0 amide bonds. The number of benzene rings is 2. The minimum Gasteiger partial charge on any atom is -0.496 e. The zero-order valence-corrected chi connectivity index (χ0v) is 17.7. The second kappa shape index (κ2) is 7.65. The van der Waals surface area contributed by atoms with Crippen LogP contribution in [0.4, 0.5) is 5.95 Å². The first kappa shape index (κ1) is 18.8. The van der Waals surface area contributed by atoms with Gasteiger partial charge >= 0.3 is 0 Å². The number of imidazole rings is 1. The van der Waals surface area contributed by atoms with E-state index in [1.807, 2.05) is 60.8 Å². The van der Waals surface area contributed by atoms with Gasteiger partial charge in [-0.25, -0.2) is 9.98 Å². The lowest BCUT2D eigenvalue weighted by atomic mass is 10.1. The number of aliphatic imine (C=N–C) groups is 1. The van der Waals surface area contributed by atoms with Crippen LogP contribution < -0.4 is 15.0 Å². The second-order valence-electron chi connectivity index (χ2n) is 7.90. The number of guanidine groups is 1. The topological polar surface area (TPSA) is 70.8 Å². The lowest BCUT2D eigenvalue weighted by molar-refractivity contribution is 0.260. The molecule has 0 saturated heterocycles. The summed E-state index contributed by atoms with van der Waals surface area (Å²) in [6.07, 6.45) is 1.65. The number of methoxy groups -OCH3 is 1. The summed E-state index contributed by atoms with van der Waals surface area (Å²) in [6.45, 7) is 1.99. The summed E-state index contributed by atoms with van der Waals surface area (Å²) < 4.78 is 7.91. The molecule has 0 radical (unpaired) electrons. The number of aromatic nitrogens is 3. The summed E-state index contributed by atoms with van der Waals surface area (Å²) in [5.41, 5.74) is 4.08. The van der Waals surface area contributed by atoms with Crippen LogP contribution in [-0.2, 0) is 6.54 Å². The molecule has 0 fully saturated rings. The van der Waals surface area contributed by atoms with E-state index in [1.165, 1.54) is 0 Å². The third kappa shape index (κ3) is 3.07. The Hall–Kier alpha value is -3.91. The standard InChI is InChI=1S/C24H23N7O/c1-32-21-12-5-2-9-18(21)22-28-23-26-15-29(14-17-8-6-7-13-25-17)16-30(23)24-27-19-10-3-4-11-20(19)31(22)24/h2-13,22H,14-16H2,1H3,(H,26,28)/t22-/m0/s1. The second-order valence-corrected chi connectivity index (χ2v) is 7.90. The molecule has 6 rings (SSSR count). The number of nitrogens with zero attached hydrogens (tertiary/aromatic N) is 6. The Kier molecular flexibility index (Phi) is 4.50. The number of hydrogen-bond donors (Lipinski definition) is 1. The number of pyridine rings is 1. The van der Waals surface area contributed by atoms with Crippen molar-refractivity contribution in [1.82, 2.24) is 24.8 Å². The predicted octanol–water partition coefficient (Wildman–Crippen LogP) is 3.18. The maximum absolute atomic E-state index is 5.68. The van der Waals surface area contributed by atoms with Crippen LogP contribution in [0.25, 0.3) is 11.0 Å². The van der Waals surface area contributed by atoms with Crippen molar-refractivity contribution in [2.24, 2.45) is 4.99 Å². The van der Waals surface area contributed by atoms with Gasteiger partial charge in [-0.3, -0.25) is 19.4 Å². The lowest BCUT2D eigenvalue weighted by Gasteiger charge is -2.41. The van der Waals surface area contributed by atoms with Crippen LogP contribution in [0.3, 0.4) is 0 Å². The van der Waals surface area contributed by atoms with Crippen molar-refractivity contribution in [3.63, 3.8) is 0 Å². The molecule has 160 valence electrons. The molecular weight excluding hydrogens is 402 g/mol. The van der Waals surface area contributed by atoms with E-state index in [1.54, 1.807) is 7.11 Å². The minimum absolute atomic E-state index is 0.175. The number of nitrogens with one attached hydrogen (secondary N) is 1. The van der Waals surface area contributed by atoms with Crippen LogP contribution in [0.2, 0.25) is 0 Å². The van der Waals surface area contributed by atoms with E-state index >= 15 is 0 Å². The Morgan fingerprint density at radius 1 is 1.03 bits per heavy atom. The van der Waals surface area contributed by atoms with E-state index in [9.17, 15) is 0 Å². The van der Waals surface area contributed by atoms with E-state index < -0.39 is 0 Å². The Bertz CT molecular complexity index is 1300. The molecule has 2 aliphatic rings. The predicted molar refractivity (Wildman–Crippen MR) is 123 cm³/mol. The van der Waals surface area contributed by atoms with Gasteiger partial charge in [-0.2, -0.15) is 0 Å². The van der Waals surface area contributed by atoms with E-state index in [0.29, 0.717) is 13.3 Å². The number of ether oxygens (including phenoxy) is 1. The van der Waals surface area contributed by atoms with Crippen molar-refractivity contribution < 1.29 is 4.74 Å². The molecule has 0 bridgehead atoms. The molecule has 2 aromatic heterocycles. The van der Waals surface area contributed by atoms with Crippen molar-refractivity contribution >= 4 is 22.9 Å². The molecule has 8 nitrogen and oxygen atoms in total. The molecule has 0 saturated carbocycles.